The molecule has 2 aliphatic rings. The molecule has 2 fully saturated rings. The maximum absolute atomic E-state index is 10.7. The van der Waals surface area contributed by atoms with Crippen LogP contribution in [-0.2, 0) is 9.47 Å². The summed E-state index contributed by atoms with van der Waals surface area (Å²) < 4.78 is 18.5. The molecule has 12 nitrogen and oxygen atoms in total. The van der Waals surface area contributed by atoms with Crippen molar-refractivity contribution < 1.29 is 24.1 Å². The first-order chi connectivity index (χ1) is 15.0. The predicted octanol–water partition coefficient (Wildman–Crippen LogP) is 0.915. The monoisotopic (exact) mass is 431 g/mol. The zero-order chi connectivity index (χ0) is 21.5. The predicted molar refractivity (Wildman–Crippen MR) is 106 cm³/mol. The maximum Gasteiger partial charge on any atom is 0.248 e. The van der Waals surface area contributed by atoms with E-state index in [-0.39, 0.29) is 17.9 Å². The van der Waals surface area contributed by atoms with Gasteiger partial charge >= 0.3 is 0 Å². The van der Waals surface area contributed by atoms with Crippen LogP contribution in [0.15, 0.2) is 17.1 Å². The summed E-state index contributed by atoms with van der Waals surface area (Å²) in [7, 11) is 0. The largest absolute Gasteiger partial charge is 0.422 e. The zero-order valence-corrected chi connectivity index (χ0v) is 17.2. The molecule has 4 atom stereocenters. The number of anilines is 1. The molecule has 2 saturated heterocycles. The van der Waals surface area contributed by atoms with Crippen LogP contribution in [-0.4, -0.2) is 71.4 Å². The molecule has 0 aliphatic carbocycles. The lowest BCUT2D eigenvalue weighted by molar-refractivity contribution is -0.0440. The third kappa shape index (κ3) is 3.65. The van der Waals surface area contributed by atoms with Gasteiger partial charge in [0.25, 0.3) is 0 Å². The molecule has 0 radical (unpaired) electrons. The highest BCUT2D eigenvalue weighted by Crippen LogP contribution is 2.39. The Kier molecular flexibility index (Phi) is 5.30. The van der Waals surface area contributed by atoms with Gasteiger partial charge < -0.3 is 29.4 Å². The van der Waals surface area contributed by atoms with Gasteiger partial charge in [-0.05, 0) is 12.8 Å². The van der Waals surface area contributed by atoms with Crippen LogP contribution in [0.5, 0.6) is 0 Å². The van der Waals surface area contributed by atoms with E-state index in [9.17, 15) is 10.2 Å². The Morgan fingerprint density at radius 2 is 1.90 bits per heavy atom. The summed E-state index contributed by atoms with van der Waals surface area (Å²) >= 11 is 0. The van der Waals surface area contributed by atoms with E-state index in [0.29, 0.717) is 36.1 Å². The summed E-state index contributed by atoms with van der Waals surface area (Å²) in [6.07, 6.45) is 0.350. The second kappa shape index (κ2) is 8.11. The third-order valence-corrected chi connectivity index (χ3v) is 5.63. The number of rotatable bonds is 5. The minimum atomic E-state index is -1.25. The minimum absolute atomic E-state index is 0.0384. The van der Waals surface area contributed by atoms with Crippen molar-refractivity contribution in [2.75, 3.05) is 18.5 Å². The lowest BCUT2D eigenvalue weighted by Crippen LogP contribution is -2.29. The van der Waals surface area contributed by atoms with Crippen LogP contribution < -0.4 is 5.32 Å². The van der Waals surface area contributed by atoms with E-state index in [1.54, 1.807) is 4.57 Å². The Labute approximate surface area is 177 Å². The number of fused-ring (bicyclic) bond motifs is 1. The van der Waals surface area contributed by atoms with Gasteiger partial charge in [0, 0.05) is 25.2 Å². The fraction of sp³-hybridized carbons (Fsp3) is 0.632. The molecule has 3 N–H and O–H groups in total. The van der Waals surface area contributed by atoms with Gasteiger partial charge in [0.05, 0.1) is 6.33 Å². The summed E-state index contributed by atoms with van der Waals surface area (Å²) in [4.78, 5) is 13.1. The lowest BCUT2D eigenvalue weighted by Gasteiger charge is -2.23. The van der Waals surface area contributed by atoms with Gasteiger partial charge in [-0.3, -0.25) is 4.57 Å². The van der Waals surface area contributed by atoms with Crippen molar-refractivity contribution in [2.24, 2.45) is 0 Å². The summed E-state index contributed by atoms with van der Waals surface area (Å²) in [5, 5.41) is 32.6. The minimum Gasteiger partial charge on any atom is -0.422 e. The first-order valence-corrected chi connectivity index (χ1v) is 10.4. The number of aromatic nitrogens is 6. The second-order valence-electron chi connectivity index (χ2n) is 8.14. The van der Waals surface area contributed by atoms with Crippen molar-refractivity contribution in [3.8, 4) is 0 Å². The van der Waals surface area contributed by atoms with Crippen LogP contribution in [0.3, 0.4) is 0 Å². The van der Waals surface area contributed by atoms with Crippen molar-refractivity contribution in [3.05, 3.63) is 24.4 Å². The van der Waals surface area contributed by atoms with Crippen molar-refractivity contribution in [3.63, 3.8) is 0 Å². The first kappa shape index (κ1) is 20.2. The van der Waals surface area contributed by atoms with Crippen molar-refractivity contribution >= 4 is 17.0 Å². The Hall–Kier alpha value is -2.67. The molecule has 31 heavy (non-hydrogen) atoms. The number of ether oxygens (including phenoxy) is 2. The molecular formula is C19H25N7O5. The summed E-state index contributed by atoms with van der Waals surface area (Å²) in [5.74, 6) is 1.21. The quantitative estimate of drug-likeness (QED) is 0.528. The standard InChI is InChI=1S/C19H25N7O5/c1-9(2)17-24-25-18(31-17)14-12(27)13(28)19(30-14)26-8-22-11-15(20-7-21-16(11)26)23-10-3-5-29-6-4-10/h7-10,12-14,19,27-28H,3-6H2,1-2H3,(H,20,21,23). The van der Waals surface area contributed by atoms with Crippen LogP contribution in [0, 0.1) is 0 Å². The fourth-order valence-electron chi connectivity index (χ4n) is 3.87. The highest BCUT2D eigenvalue weighted by molar-refractivity contribution is 5.82. The van der Waals surface area contributed by atoms with Gasteiger partial charge in [-0.15, -0.1) is 10.2 Å². The molecule has 3 aromatic heterocycles. The SMILES string of the molecule is CC(C)c1nnc(C2OC(n3cnc4c(NC5CCOCC5)ncnc43)C(O)C2O)o1. The summed E-state index contributed by atoms with van der Waals surface area (Å²) in [6.45, 7) is 5.25. The van der Waals surface area contributed by atoms with E-state index in [1.807, 2.05) is 13.8 Å². The number of nitrogens with zero attached hydrogens (tertiary/aromatic N) is 6. The average Bonchev–Trinajstić information content (AvgIpc) is 3.48. The van der Waals surface area contributed by atoms with Gasteiger partial charge in [0.1, 0.15) is 18.5 Å². The number of aliphatic hydroxyl groups is 2. The van der Waals surface area contributed by atoms with Crippen molar-refractivity contribution in [2.45, 2.75) is 63.2 Å². The maximum atomic E-state index is 10.7. The first-order valence-electron chi connectivity index (χ1n) is 10.4. The Balaban J connectivity index is 1.41. The molecule has 0 bridgehead atoms. The zero-order valence-electron chi connectivity index (χ0n) is 17.2. The van der Waals surface area contributed by atoms with Crippen LogP contribution >= 0.6 is 0 Å². The second-order valence-corrected chi connectivity index (χ2v) is 8.14. The number of nitrogens with one attached hydrogen (secondary N) is 1. The smallest absolute Gasteiger partial charge is 0.248 e. The van der Waals surface area contributed by atoms with E-state index >= 15 is 0 Å². The van der Waals surface area contributed by atoms with E-state index in [0.717, 1.165) is 12.8 Å². The van der Waals surface area contributed by atoms with E-state index in [4.69, 9.17) is 13.9 Å². The van der Waals surface area contributed by atoms with Crippen molar-refractivity contribution in [1.29, 1.82) is 0 Å². The van der Waals surface area contributed by atoms with E-state index in [2.05, 4.69) is 30.5 Å². The molecule has 4 unspecified atom stereocenters. The molecule has 12 heteroatoms. The lowest BCUT2D eigenvalue weighted by atomic mass is 10.1. The van der Waals surface area contributed by atoms with Crippen molar-refractivity contribution in [1.82, 2.24) is 29.7 Å². The molecular weight excluding hydrogens is 406 g/mol. The Morgan fingerprint density at radius 3 is 2.65 bits per heavy atom. The summed E-state index contributed by atoms with van der Waals surface area (Å²) in [5.41, 5.74) is 1.04. The molecule has 3 aromatic rings. The molecule has 0 amide bonds. The molecule has 5 rings (SSSR count). The van der Waals surface area contributed by atoms with E-state index in [1.165, 1.54) is 12.7 Å². The van der Waals surface area contributed by atoms with Gasteiger partial charge in [-0.2, -0.15) is 0 Å². The number of hydrogen-bond donors (Lipinski definition) is 3. The average molecular weight is 431 g/mol. The Morgan fingerprint density at radius 1 is 1.10 bits per heavy atom. The number of imidazole rings is 1. The summed E-state index contributed by atoms with van der Waals surface area (Å²) in [6, 6.07) is 0.240. The molecule has 0 spiro atoms. The molecule has 2 aliphatic heterocycles. The molecule has 166 valence electrons. The van der Waals surface area contributed by atoms with Crippen LogP contribution in [0.1, 0.15) is 56.7 Å². The molecule has 0 saturated carbocycles. The van der Waals surface area contributed by atoms with Crippen LogP contribution in [0.4, 0.5) is 5.82 Å². The fourth-order valence-corrected chi connectivity index (χ4v) is 3.87. The van der Waals surface area contributed by atoms with Gasteiger partial charge in [0.15, 0.2) is 29.3 Å². The molecule has 0 aromatic carbocycles. The number of hydrogen-bond acceptors (Lipinski definition) is 11. The Bertz CT molecular complexity index is 1050. The van der Waals surface area contributed by atoms with Crippen LogP contribution in [0.25, 0.3) is 11.2 Å². The van der Waals surface area contributed by atoms with Gasteiger partial charge in [-0.1, -0.05) is 13.8 Å². The highest BCUT2D eigenvalue weighted by atomic mass is 16.6. The topological polar surface area (TPSA) is 153 Å². The van der Waals surface area contributed by atoms with Gasteiger partial charge in [0.2, 0.25) is 11.8 Å². The normalized spacial score (nSPS) is 27.4. The van der Waals surface area contributed by atoms with E-state index < -0.39 is 24.5 Å². The van der Waals surface area contributed by atoms with Crippen LogP contribution in [0.2, 0.25) is 0 Å². The molecule has 5 heterocycles. The van der Waals surface area contributed by atoms with Gasteiger partial charge in [-0.25, -0.2) is 15.0 Å². The highest BCUT2D eigenvalue weighted by Gasteiger charge is 2.47. The third-order valence-electron chi connectivity index (χ3n) is 5.63. The number of aliphatic hydroxyl groups excluding tert-OH is 2.